The highest BCUT2D eigenvalue weighted by atomic mass is 35.5. The summed E-state index contributed by atoms with van der Waals surface area (Å²) in [6, 6.07) is 29.5. The van der Waals surface area contributed by atoms with E-state index in [0.29, 0.717) is 17.0 Å². The average Bonchev–Trinajstić information content (AvgIpc) is 3.10. The van der Waals surface area contributed by atoms with Gasteiger partial charge in [0.05, 0.1) is 17.6 Å². The molecule has 0 aliphatic rings. The van der Waals surface area contributed by atoms with Gasteiger partial charge in [-0.25, -0.2) is 19.4 Å². The largest absolute Gasteiger partial charge is 0.437 e. The first kappa shape index (κ1) is 32.0. The van der Waals surface area contributed by atoms with Crippen molar-refractivity contribution in [2.45, 2.75) is 19.9 Å². The Bertz CT molecular complexity index is 2110. The van der Waals surface area contributed by atoms with Gasteiger partial charge in [0, 0.05) is 47.3 Å². The number of amides is 1. The standard InChI is InChI=1S/C37H28ClFN6O3/c1-23(2)45-22-29(24-13-15-27(39)16-14-24)35(46)34(44-45)37(47)42-28-17-18-31(41-21-28)48-30-19-20-40-36(32(30)38)43-33(25-9-5-3-6-10-25)26-11-7-4-8-12-26/h3-23H,1-2H3,(H,42,47). The van der Waals surface area contributed by atoms with Crippen molar-refractivity contribution in [2.24, 2.45) is 4.99 Å². The first-order chi connectivity index (χ1) is 23.3. The van der Waals surface area contributed by atoms with E-state index in [1.165, 1.54) is 35.1 Å². The number of carbonyl (C=O) groups is 1. The molecule has 0 aliphatic heterocycles. The summed E-state index contributed by atoms with van der Waals surface area (Å²) in [6.45, 7) is 3.73. The van der Waals surface area contributed by atoms with Crippen LogP contribution in [0, 0.1) is 5.82 Å². The van der Waals surface area contributed by atoms with E-state index >= 15 is 0 Å². The van der Waals surface area contributed by atoms with E-state index in [-0.39, 0.29) is 39.8 Å². The summed E-state index contributed by atoms with van der Waals surface area (Å²) in [6.07, 6.45) is 4.48. The van der Waals surface area contributed by atoms with Gasteiger partial charge in [-0.15, -0.1) is 0 Å². The number of rotatable bonds is 9. The van der Waals surface area contributed by atoms with Crippen LogP contribution in [-0.2, 0) is 0 Å². The summed E-state index contributed by atoms with van der Waals surface area (Å²) < 4.78 is 21.0. The lowest BCUT2D eigenvalue weighted by molar-refractivity contribution is 0.101. The van der Waals surface area contributed by atoms with Crippen LogP contribution in [0.2, 0.25) is 5.02 Å². The van der Waals surface area contributed by atoms with E-state index in [2.05, 4.69) is 20.4 Å². The number of anilines is 1. The first-order valence-electron chi connectivity index (χ1n) is 15.0. The molecule has 6 aromatic rings. The normalized spacial score (nSPS) is 10.9. The summed E-state index contributed by atoms with van der Waals surface area (Å²) >= 11 is 6.72. The van der Waals surface area contributed by atoms with Gasteiger partial charge in [0.2, 0.25) is 11.3 Å². The zero-order chi connectivity index (χ0) is 33.6. The molecule has 0 saturated heterocycles. The van der Waals surface area contributed by atoms with Crippen LogP contribution in [0.25, 0.3) is 11.1 Å². The molecule has 11 heteroatoms. The van der Waals surface area contributed by atoms with Crippen molar-refractivity contribution in [1.29, 1.82) is 0 Å². The zero-order valence-electron chi connectivity index (χ0n) is 25.8. The molecule has 0 unspecified atom stereocenters. The van der Waals surface area contributed by atoms with Crippen molar-refractivity contribution in [3.8, 4) is 22.8 Å². The van der Waals surface area contributed by atoms with Gasteiger partial charge in [-0.2, -0.15) is 5.10 Å². The third-order valence-corrected chi connectivity index (χ3v) is 7.55. The van der Waals surface area contributed by atoms with Crippen molar-refractivity contribution < 1.29 is 13.9 Å². The van der Waals surface area contributed by atoms with Gasteiger partial charge in [-0.1, -0.05) is 84.4 Å². The second-order valence-corrected chi connectivity index (χ2v) is 11.3. The third-order valence-electron chi connectivity index (χ3n) is 7.19. The predicted octanol–water partition coefficient (Wildman–Crippen LogP) is 8.29. The van der Waals surface area contributed by atoms with E-state index in [1.807, 2.05) is 74.5 Å². The number of nitrogens with one attached hydrogen (secondary N) is 1. The fourth-order valence-corrected chi connectivity index (χ4v) is 4.93. The maximum absolute atomic E-state index is 13.5. The summed E-state index contributed by atoms with van der Waals surface area (Å²) in [7, 11) is 0. The van der Waals surface area contributed by atoms with Crippen LogP contribution in [0.15, 0.2) is 132 Å². The fourth-order valence-electron chi connectivity index (χ4n) is 4.74. The van der Waals surface area contributed by atoms with Crippen molar-refractivity contribution in [1.82, 2.24) is 19.7 Å². The van der Waals surface area contributed by atoms with Crippen molar-refractivity contribution in [2.75, 3.05) is 5.32 Å². The number of aromatic nitrogens is 4. The molecule has 0 atom stereocenters. The zero-order valence-corrected chi connectivity index (χ0v) is 26.6. The number of benzene rings is 3. The van der Waals surface area contributed by atoms with Crippen molar-refractivity contribution in [3.05, 3.63) is 160 Å². The fraction of sp³-hybridized carbons (Fsp3) is 0.0811. The molecule has 3 aromatic carbocycles. The second-order valence-electron chi connectivity index (χ2n) is 10.9. The number of pyridine rings is 2. The molecule has 0 bridgehead atoms. The molecule has 0 saturated carbocycles. The quantitative estimate of drug-likeness (QED) is 0.157. The Morgan fingerprint density at radius 3 is 2.17 bits per heavy atom. The second kappa shape index (κ2) is 14.2. The van der Waals surface area contributed by atoms with Crippen molar-refractivity contribution >= 4 is 34.7 Å². The molecular formula is C37H28ClFN6O3. The predicted molar refractivity (Wildman–Crippen MR) is 184 cm³/mol. The smallest absolute Gasteiger partial charge is 0.280 e. The molecule has 0 fully saturated rings. The van der Waals surface area contributed by atoms with Gasteiger partial charge in [-0.3, -0.25) is 14.3 Å². The Morgan fingerprint density at radius 1 is 0.896 bits per heavy atom. The summed E-state index contributed by atoms with van der Waals surface area (Å²) in [5, 5.41) is 7.12. The molecule has 1 amide bonds. The lowest BCUT2D eigenvalue weighted by atomic mass is 10.0. The molecule has 1 N–H and O–H groups in total. The number of ether oxygens (including phenoxy) is 1. The number of halogens is 2. The number of carbonyl (C=O) groups excluding carboxylic acids is 1. The van der Waals surface area contributed by atoms with Crippen LogP contribution < -0.4 is 15.5 Å². The monoisotopic (exact) mass is 658 g/mol. The molecular weight excluding hydrogens is 631 g/mol. The van der Waals surface area contributed by atoms with Crippen LogP contribution in [-0.4, -0.2) is 31.4 Å². The summed E-state index contributed by atoms with van der Waals surface area (Å²) in [5.41, 5.74) is 2.58. The Morgan fingerprint density at radius 2 is 1.56 bits per heavy atom. The molecule has 9 nitrogen and oxygen atoms in total. The maximum Gasteiger partial charge on any atom is 0.280 e. The number of nitrogens with zero attached hydrogens (tertiary/aromatic N) is 5. The lowest BCUT2D eigenvalue weighted by Gasteiger charge is -2.14. The Labute approximate surface area is 280 Å². The van der Waals surface area contributed by atoms with Crippen LogP contribution in [0.3, 0.4) is 0 Å². The minimum Gasteiger partial charge on any atom is -0.437 e. The van der Waals surface area contributed by atoms with Gasteiger partial charge in [-0.05, 0) is 37.6 Å². The van der Waals surface area contributed by atoms with Gasteiger partial charge in [0.25, 0.3) is 5.91 Å². The van der Waals surface area contributed by atoms with E-state index in [9.17, 15) is 14.0 Å². The Kier molecular flexibility index (Phi) is 9.45. The highest BCUT2D eigenvalue weighted by Crippen LogP contribution is 2.35. The minimum absolute atomic E-state index is 0.149. The number of aliphatic imine (C=N–C) groups is 1. The lowest BCUT2D eigenvalue weighted by Crippen LogP contribution is -2.28. The van der Waals surface area contributed by atoms with Gasteiger partial charge in [0.1, 0.15) is 10.8 Å². The van der Waals surface area contributed by atoms with Crippen LogP contribution >= 0.6 is 11.6 Å². The maximum atomic E-state index is 13.5. The van der Waals surface area contributed by atoms with Gasteiger partial charge >= 0.3 is 0 Å². The van der Waals surface area contributed by atoms with Crippen molar-refractivity contribution in [3.63, 3.8) is 0 Å². The van der Waals surface area contributed by atoms with E-state index in [0.717, 1.165) is 11.1 Å². The number of hydrogen-bond acceptors (Lipinski definition) is 7. The van der Waals surface area contributed by atoms with Crippen LogP contribution in [0.5, 0.6) is 11.6 Å². The molecule has 3 heterocycles. The highest BCUT2D eigenvalue weighted by molar-refractivity contribution is 6.34. The molecule has 48 heavy (non-hydrogen) atoms. The topological polar surface area (TPSA) is 111 Å². The third kappa shape index (κ3) is 7.19. The molecule has 0 radical (unpaired) electrons. The van der Waals surface area contributed by atoms with E-state index < -0.39 is 17.2 Å². The average molecular weight is 659 g/mol. The summed E-state index contributed by atoms with van der Waals surface area (Å²) in [4.78, 5) is 40.1. The van der Waals surface area contributed by atoms with Gasteiger partial charge < -0.3 is 10.1 Å². The summed E-state index contributed by atoms with van der Waals surface area (Å²) in [5.74, 6) is -0.410. The molecule has 238 valence electrons. The minimum atomic E-state index is -0.721. The van der Waals surface area contributed by atoms with E-state index in [1.54, 1.807) is 30.6 Å². The van der Waals surface area contributed by atoms with Crippen LogP contribution in [0.4, 0.5) is 15.9 Å². The molecule has 0 aliphatic carbocycles. The molecule has 0 spiro atoms. The Hall–Kier alpha value is -6.00. The molecule has 3 aromatic heterocycles. The molecule has 6 rings (SSSR count). The number of hydrogen-bond donors (Lipinski definition) is 1. The van der Waals surface area contributed by atoms with Crippen LogP contribution in [0.1, 0.15) is 41.5 Å². The SMILES string of the molecule is CC(C)n1cc(-c2ccc(F)cc2)c(=O)c(C(=O)Nc2ccc(Oc3ccnc(N=C(c4ccccc4)c4ccccc4)c3Cl)nc2)n1. The highest BCUT2D eigenvalue weighted by Gasteiger charge is 2.20. The Balaban J connectivity index is 1.23. The van der Waals surface area contributed by atoms with E-state index in [4.69, 9.17) is 21.3 Å². The van der Waals surface area contributed by atoms with Gasteiger partial charge in [0.15, 0.2) is 17.3 Å². The first-order valence-corrected chi connectivity index (χ1v) is 15.3.